The Morgan fingerprint density at radius 1 is 0.730 bits per heavy atom. The monoisotopic (exact) mass is 517 g/mol. The number of benzene rings is 3. The molecule has 2 aliphatic heterocycles. The molecule has 4 nitrogen and oxygen atoms in total. The van der Waals surface area contributed by atoms with E-state index < -0.39 is 5.60 Å². The number of hydrogen-bond donors (Lipinski definition) is 0. The summed E-state index contributed by atoms with van der Waals surface area (Å²) in [6.07, 6.45) is 0.212. The molecule has 0 aromatic heterocycles. The number of ether oxygens (including phenoxy) is 3. The maximum absolute atomic E-state index is 7.26. The highest BCUT2D eigenvalue weighted by atomic mass is 32.2. The van der Waals surface area contributed by atoms with Crippen molar-refractivity contribution in [2.75, 3.05) is 18.9 Å². The summed E-state index contributed by atoms with van der Waals surface area (Å²) < 4.78 is 20.4. The number of hydrogen-bond acceptors (Lipinski definition) is 5. The van der Waals surface area contributed by atoms with Gasteiger partial charge in [-0.25, -0.2) is 0 Å². The Morgan fingerprint density at radius 3 is 1.65 bits per heavy atom. The minimum atomic E-state index is -0.745. The zero-order valence-corrected chi connectivity index (χ0v) is 23.1. The molecule has 2 fully saturated rings. The van der Waals surface area contributed by atoms with Crippen LogP contribution in [-0.2, 0) is 19.8 Å². The summed E-state index contributed by atoms with van der Waals surface area (Å²) in [5, 5.41) is 0.291. The van der Waals surface area contributed by atoms with Gasteiger partial charge in [0.2, 0.25) is 0 Å². The van der Waals surface area contributed by atoms with E-state index >= 15 is 0 Å². The van der Waals surface area contributed by atoms with Gasteiger partial charge < -0.3 is 14.2 Å². The molecule has 5 heteroatoms. The van der Waals surface area contributed by atoms with Crippen LogP contribution in [0.15, 0.2) is 91.0 Å². The molecule has 37 heavy (non-hydrogen) atoms. The van der Waals surface area contributed by atoms with Crippen LogP contribution in [-0.4, -0.2) is 59.6 Å². The molecule has 0 amide bonds. The van der Waals surface area contributed by atoms with Crippen LogP contribution in [0.2, 0.25) is 0 Å². The molecular formula is C32H39NO3S. The van der Waals surface area contributed by atoms with Gasteiger partial charge in [0, 0.05) is 12.3 Å². The number of nitrogens with zero attached hydrogens (tertiary/aromatic N) is 1. The van der Waals surface area contributed by atoms with E-state index in [1.807, 2.05) is 11.8 Å². The SMILES string of the molecule is CC(C)O[C@@H]1[C@H](OC(C)C)[C@H](COC(c2ccccc2)(c2ccccc2)c2ccccc2)N2CCS[C@@H]12. The quantitative estimate of drug-likeness (QED) is 0.293. The summed E-state index contributed by atoms with van der Waals surface area (Å²) in [5.74, 6) is 1.11. The Bertz CT molecular complexity index is 1010. The predicted molar refractivity (Wildman–Crippen MR) is 152 cm³/mol. The number of thioether (sulfide) groups is 1. The standard InChI is InChI=1S/C32H39NO3S/c1-23(2)35-29-28(33-20-21-37-31(33)30(29)36-24(3)4)22-34-32(25-14-8-5-9-15-25,26-16-10-6-11-17-26)27-18-12-7-13-19-27/h5-19,23-24,28-31H,20-22H2,1-4H3/t28-,29+,30+,31-/m0/s1. The molecule has 0 unspecified atom stereocenters. The Kier molecular flexibility index (Phi) is 8.37. The fourth-order valence-electron chi connectivity index (χ4n) is 5.82. The summed E-state index contributed by atoms with van der Waals surface area (Å²) in [4.78, 5) is 2.57. The van der Waals surface area contributed by atoms with Crippen molar-refractivity contribution in [1.82, 2.24) is 4.90 Å². The molecule has 2 aliphatic rings. The molecular weight excluding hydrogens is 478 g/mol. The van der Waals surface area contributed by atoms with Gasteiger partial charge in [-0.3, -0.25) is 4.90 Å². The minimum Gasteiger partial charge on any atom is -0.371 e. The lowest BCUT2D eigenvalue weighted by Crippen LogP contribution is -2.46. The smallest absolute Gasteiger partial charge is 0.143 e. The van der Waals surface area contributed by atoms with E-state index in [4.69, 9.17) is 14.2 Å². The first-order chi connectivity index (χ1) is 18.0. The van der Waals surface area contributed by atoms with Crippen LogP contribution < -0.4 is 0 Å². The van der Waals surface area contributed by atoms with E-state index in [0.29, 0.717) is 12.0 Å². The Hall–Kier alpha value is -2.15. The van der Waals surface area contributed by atoms with Crippen LogP contribution in [0.25, 0.3) is 0 Å². The summed E-state index contributed by atoms with van der Waals surface area (Å²) in [5.41, 5.74) is 2.61. The van der Waals surface area contributed by atoms with E-state index in [-0.39, 0.29) is 30.5 Å². The fourth-order valence-corrected chi connectivity index (χ4v) is 7.24. The third-order valence-electron chi connectivity index (χ3n) is 7.25. The van der Waals surface area contributed by atoms with Gasteiger partial charge in [-0.1, -0.05) is 91.0 Å². The Morgan fingerprint density at radius 2 is 1.19 bits per heavy atom. The van der Waals surface area contributed by atoms with Crippen LogP contribution in [0.4, 0.5) is 0 Å². The van der Waals surface area contributed by atoms with Crippen LogP contribution in [0.5, 0.6) is 0 Å². The van der Waals surface area contributed by atoms with Crippen LogP contribution in [0.1, 0.15) is 44.4 Å². The van der Waals surface area contributed by atoms with Gasteiger partial charge in [0.25, 0.3) is 0 Å². The Balaban J connectivity index is 1.57. The normalized spacial score (nSPS) is 24.2. The van der Waals surface area contributed by atoms with Crippen molar-refractivity contribution in [2.45, 2.75) is 69.1 Å². The van der Waals surface area contributed by atoms with Crippen molar-refractivity contribution in [1.29, 1.82) is 0 Å². The average molecular weight is 518 g/mol. The Labute approximate surface area is 226 Å². The zero-order valence-electron chi connectivity index (χ0n) is 22.3. The van der Waals surface area contributed by atoms with Crippen molar-refractivity contribution in [3.8, 4) is 0 Å². The van der Waals surface area contributed by atoms with Crippen molar-refractivity contribution >= 4 is 11.8 Å². The van der Waals surface area contributed by atoms with Crippen LogP contribution in [0.3, 0.4) is 0 Å². The molecule has 0 saturated carbocycles. The van der Waals surface area contributed by atoms with Crippen LogP contribution >= 0.6 is 11.8 Å². The largest absolute Gasteiger partial charge is 0.371 e. The van der Waals surface area contributed by atoms with Gasteiger partial charge >= 0.3 is 0 Å². The van der Waals surface area contributed by atoms with Crippen molar-refractivity contribution < 1.29 is 14.2 Å². The molecule has 0 radical (unpaired) electrons. The second-order valence-corrected chi connectivity index (χ2v) is 11.7. The first-order valence-electron chi connectivity index (χ1n) is 13.5. The maximum Gasteiger partial charge on any atom is 0.143 e. The molecule has 5 rings (SSSR count). The van der Waals surface area contributed by atoms with E-state index in [9.17, 15) is 0 Å². The van der Waals surface area contributed by atoms with Crippen molar-refractivity contribution in [3.05, 3.63) is 108 Å². The summed E-state index contributed by atoms with van der Waals surface area (Å²) in [7, 11) is 0. The second kappa shape index (κ2) is 11.7. The first-order valence-corrected chi connectivity index (χ1v) is 14.5. The fraction of sp³-hybridized carbons (Fsp3) is 0.438. The van der Waals surface area contributed by atoms with Crippen molar-refractivity contribution in [2.24, 2.45) is 0 Å². The van der Waals surface area contributed by atoms with Crippen molar-refractivity contribution in [3.63, 3.8) is 0 Å². The summed E-state index contributed by atoms with van der Waals surface area (Å²) in [6.45, 7) is 10.0. The third kappa shape index (κ3) is 5.39. The lowest BCUT2D eigenvalue weighted by molar-refractivity contribution is -0.112. The first kappa shape index (κ1) is 26.5. The minimum absolute atomic E-state index is 0.0167. The molecule has 2 heterocycles. The van der Waals surface area contributed by atoms with Gasteiger partial charge in [-0.2, -0.15) is 0 Å². The van der Waals surface area contributed by atoms with Gasteiger partial charge in [0.05, 0.1) is 30.2 Å². The second-order valence-electron chi connectivity index (χ2n) is 10.5. The van der Waals surface area contributed by atoms with Crippen LogP contribution in [0, 0.1) is 0 Å². The molecule has 0 N–H and O–H groups in total. The van der Waals surface area contributed by atoms with Gasteiger partial charge in [-0.15, -0.1) is 11.8 Å². The summed E-state index contributed by atoms with van der Waals surface area (Å²) in [6, 6.07) is 31.9. The highest BCUT2D eigenvalue weighted by molar-refractivity contribution is 8.00. The molecule has 196 valence electrons. The number of fused-ring (bicyclic) bond motifs is 1. The molecule has 4 atom stereocenters. The van der Waals surface area contributed by atoms with Gasteiger partial charge in [0.15, 0.2) is 0 Å². The molecule has 3 aromatic carbocycles. The van der Waals surface area contributed by atoms with Gasteiger partial charge in [0.1, 0.15) is 17.8 Å². The maximum atomic E-state index is 7.26. The lowest BCUT2D eigenvalue weighted by atomic mass is 9.80. The molecule has 0 aliphatic carbocycles. The molecule has 3 aromatic rings. The van der Waals surface area contributed by atoms with E-state index in [1.54, 1.807) is 0 Å². The highest BCUT2D eigenvalue weighted by Crippen LogP contribution is 2.44. The molecule has 2 saturated heterocycles. The number of rotatable bonds is 10. The van der Waals surface area contributed by atoms with E-state index in [1.165, 1.54) is 0 Å². The van der Waals surface area contributed by atoms with Gasteiger partial charge in [-0.05, 0) is 44.4 Å². The third-order valence-corrected chi connectivity index (χ3v) is 8.54. The van der Waals surface area contributed by atoms with E-state index in [2.05, 4.69) is 124 Å². The molecule has 0 bridgehead atoms. The zero-order chi connectivity index (χ0) is 25.8. The molecule has 0 spiro atoms. The highest BCUT2D eigenvalue weighted by Gasteiger charge is 2.54. The summed E-state index contributed by atoms with van der Waals surface area (Å²) >= 11 is 1.99. The predicted octanol–water partition coefficient (Wildman–Crippen LogP) is 6.34. The average Bonchev–Trinajstić information content (AvgIpc) is 3.48. The van der Waals surface area contributed by atoms with E-state index in [0.717, 1.165) is 29.0 Å². The lowest BCUT2D eigenvalue weighted by Gasteiger charge is -2.38. The topological polar surface area (TPSA) is 30.9 Å².